The molecule has 0 radical (unpaired) electrons. The van der Waals surface area contributed by atoms with E-state index in [2.05, 4.69) is 58.9 Å². The lowest BCUT2D eigenvalue weighted by atomic mass is 11.8. The van der Waals surface area contributed by atoms with Gasteiger partial charge in [-0.1, -0.05) is 50.1 Å². The monoisotopic (exact) mass is 446 g/mol. The highest BCUT2D eigenvalue weighted by Crippen LogP contribution is 2.03. The Morgan fingerprint density at radius 2 is 0.833 bits per heavy atom. The lowest BCUT2D eigenvalue weighted by Crippen LogP contribution is -2.38. The van der Waals surface area contributed by atoms with Gasteiger partial charge in [0.15, 0.2) is 35.4 Å². The van der Waals surface area contributed by atoms with Crippen LogP contribution < -0.4 is 9.59 Å². The van der Waals surface area contributed by atoms with Crippen LogP contribution in [-0.4, -0.2) is 52.8 Å². The predicted molar refractivity (Wildman–Crippen MR) is 124 cm³/mol. The van der Waals surface area contributed by atoms with Gasteiger partial charge in [0, 0.05) is 0 Å². The minimum atomic E-state index is -1.86. The van der Waals surface area contributed by atoms with E-state index in [1.54, 1.807) is 32.7 Å². The van der Waals surface area contributed by atoms with Crippen LogP contribution in [0.1, 0.15) is 0 Å². The maximum Gasteiger partial charge on any atom is 0.170 e. The normalized spacial score (nSPS) is 11.5. The van der Waals surface area contributed by atoms with E-state index in [1.807, 2.05) is 0 Å². The molecule has 10 heteroatoms. The van der Waals surface area contributed by atoms with Crippen molar-refractivity contribution in [3.63, 3.8) is 0 Å². The van der Waals surface area contributed by atoms with E-state index >= 15 is 0 Å². The predicted octanol–water partition coefficient (Wildman–Crippen LogP) is 2.30. The minimum absolute atomic E-state index is 0.667. The summed E-state index contributed by atoms with van der Waals surface area (Å²) in [7, 11) is -6.48. The van der Waals surface area contributed by atoms with Gasteiger partial charge in [-0.05, 0) is 58.9 Å². The molecular weight excluding hydrogens is 401 g/mol. The average Bonchev–Trinajstić information content (AvgIpc) is 2.05. The Morgan fingerprint density at radius 1 is 0.625 bits per heavy atom. The molecule has 0 aliphatic heterocycles. The van der Waals surface area contributed by atoms with Crippen molar-refractivity contribution in [2.45, 2.75) is 91.7 Å². The van der Waals surface area contributed by atoms with Gasteiger partial charge in [0.1, 0.15) is 0 Å². The van der Waals surface area contributed by atoms with E-state index < -0.39 is 52.8 Å². The van der Waals surface area contributed by atoms with Crippen LogP contribution >= 0.6 is 0 Å². The van der Waals surface area contributed by atoms with E-state index in [0.29, 0.717) is 0 Å². The molecule has 0 saturated heterocycles. The van der Waals surface area contributed by atoms with E-state index in [1.165, 1.54) is 0 Å². The Labute approximate surface area is 162 Å². The Hall–Kier alpha value is 1.14. The van der Waals surface area contributed by atoms with Gasteiger partial charge in [0.25, 0.3) is 0 Å². The van der Waals surface area contributed by atoms with Crippen LogP contribution in [0.4, 0.5) is 0 Å². The van der Waals surface area contributed by atoms with Crippen molar-refractivity contribution < 1.29 is 17.8 Å². The summed E-state index contributed by atoms with van der Waals surface area (Å²) in [4.78, 5) is 19.9. The molecule has 0 atom stereocenters. The smallest absolute Gasteiger partial charge is 0.170 e. The lowest BCUT2D eigenvalue weighted by molar-refractivity contribution is -0.203. The van der Waals surface area contributed by atoms with Crippen LogP contribution in [-0.2, 0) is 8.23 Å². The fourth-order valence-corrected chi connectivity index (χ4v) is 11.3. The van der Waals surface area contributed by atoms with Gasteiger partial charge >= 0.3 is 0 Å². The second kappa shape index (κ2) is 17.5. The molecule has 0 unspecified atom stereocenters. The number of hydrogen-bond acceptors (Lipinski definition) is 4. The molecule has 0 aliphatic rings. The molecule has 0 aromatic carbocycles. The van der Waals surface area contributed by atoms with Gasteiger partial charge in [0.05, 0.1) is 0 Å². The van der Waals surface area contributed by atoms with Crippen LogP contribution in [0.25, 0.3) is 0 Å². The second-order valence-corrected chi connectivity index (χ2v) is 27.5. The lowest BCUT2D eigenvalue weighted by Gasteiger charge is -2.21. The SMILES string of the molecule is C[SiH](C)O[SiH](C)C.C[SiH](C)O[Si](C)(C)C.C[SiH](C)[O-].C[Si](C)(C)[O-]. The molecule has 0 fully saturated rings. The van der Waals surface area contributed by atoms with Crippen molar-refractivity contribution in [2.75, 3.05) is 0 Å². The maximum absolute atomic E-state index is 10.2. The van der Waals surface area contributed by atoms with Crippen molar-refractivity contribution in [3.8, 4) is 0 Å². The fraction of sp³-hybridized carbons (Fsp3) is 1.00. The maximum atomic E-state index is 10.2. The van der Waals surface area contributed by atoms with Gasteiger partial charge in [0.2, 0.25) is 0 Å². The summed E-state index contributed by atoms with van der Waals surface area (Å²) >= 11 is 0. The summed E-state index contributed by atoms with van der Waals surface area (Å²) in [5.74, 6) is 0. The number of rotatable bonds is 4. The molecular formula is C14H46O4Si6-2. The zero-order valence-corrected chi connectivity index (χ0v) is 25.6. The summed E-state index contributed by atoms with van der Waals surface area (Å²) in [6.45, 7) is 28.8. The molecule has 4 nitrogen and oxygen atoms in total. The first-order valence-corrected chi connectivity index (χ1v) is 26.9. The van der Waals surface area contributed by atoms with Crippen molar-refractivity contribution in [1.82, 2.24) is 0 Å². The molecule has 0 bridgehead atoms. The fourth-order valence-electron chi connectivity index (χ4n) is 1.25. The van der Waals surface area contributed by atoms with Crippen LogP contribution in [0.2, 0.25) is 91.7 Å². The van der Waals surface area contributed by atoms with Crippen LogP contribution in [0.15, 0.2) is 0 Å². The first-order valence-electron chi connectivity index (χ1n) is 8.97. The Bertz CT molecular complexity index is 236. The molecule has 0 saturated carbocycles. The molecule has 0 spiro atoms. The third kappa shape index (κ3) is 110. The quantitative estimate of drug-likeness (QED) is 0.621. The molecule has 24 heavy (non-hydrogen) atoms. The van der Waals surface area contributed by atoms with Gasteiger partial charge in [-0.2, -0.15) is 0 Å². The molecule has 152 valence electrons. The third-order valence-electron chi connectivity index (χ3n) is 1.13. The summed E-state index contributed by atoms with van der Waals surface area (Å²) in [5, 5.41) is 0. The second-order valence-electron chi connectivity index (χ2n) is 8.67. The summed E-state index contributed by atoms with van der Waals surface area (Å²) in [6.07, 6.45) is 0. The van der Waals surface area contributed by atoms with E-state index in [0.717, 1.165) is 0 Å². The summed E-state index contributed by atoms with van der Waals surface area (Å²) in [6, 6.07) is 0. The summed E-state index contributed by atoms with van der Waals surface area (Å²) < 4.78 is 11.2. The van der Waals surface area contributed by atoms with Crippen molar-refractivity contribution in [3.05, 3.63) is 0 Å². The largest absolute Gasteiger partial charge is 0.861 e. The standard InChI is InChI=1S/C5H16OSi2.C4H14OSi2.C3H9OSi.C2H7OSi/c1-7(2)6-8(3,4)5;1-6(2)5-7(3)4;1-5(2,3)4;1-4(2)3/h7H,1-5H3;6-7H,1-4H3;1-3H3;4H,1-2H3/q;;2*-1. The first kappa shape index (κ1) is 32.8. The van der Waals surface area contributed by atoms with Gasteiger partial charge in [-0.25, -0.2) is 0 Å². The highest BCUT2D eigenvalue weighted by Gasteiger charge is 2.15. The zero-order valence-electron chi connectivity index (χ0n) is 18.9. The van der Waals surface area contributed by atoms with Crippen molar-refractivity contribution in [1.29, 1.82) is 0 Å². The first-order chi connectivity index (χ1) is 10.3. The van der Waals surface area contributed by atoms with Gasteiger partial charge in [-0.15, -0.1) is 0 Å². The van der Waals surface area contributed by atoms with E-state index in [9.17, 15) is 9.59 Å². The highest BCUT2D eigenvalue weighted by atomic mass is 28.4. The number of hydrogen-bond donors (Lipinski definition) is 0. The Morgan fingerprint density at radius 3 is 0.833 bits per heavy atom. The minimum Gasteiger partial charge on any atom is -0.861 e. The Kier molecular flexibility index (Phi) is 24.0. The van der Waals surface area contributed by atoms with Crippen LogP contribution in [0.5, 0.6) is 0 Å². The molecule has 0 aromatic rings. The van der Waals surface area contributed by atoms with Crippen molar-refractivity contribution >= 4 is 52.8 Å². The van der Waals surface area contributed by atoms with E-state index in [4.69, 9.17) is 8.23 Å². The van der Waals surface area contributed by atoms with E-state index in [-0.39, 0.29) is 0 Å². The molecule has 0 heterocycles. The van der Waals surface area contributed by atoms with Crippen LogP contribution in [0.3, 0.4) is 0 Å². The average molecular weight is 447 g/mol. The molecule has 0 rings (SSSR count). The van der Waals surface area contributed by atoms with Gasteiger partial charge < -0.3 is 17.8 Å². The third-order valence-corrected chi connectivity index (χ3v) is 10.2. The molecule has 0 N–H and O–H groups in total. The van der Waals surface area contributed by atoms with Gasteiger partial charge in [-0.3, -0.25) is 0 Å². The highest BCUT2D eigenvalue weighted by molar-refractivity contribution is 6.76. The molecule has 0 aliphatic carbocycles. The van der Waals surface area contributed by atoms with Crippen LogP contribution in [0, 0.1) is 0 Å². The topological polar surface area (TPSA) is 64.6 Å². The Balaban J connectivity index is -0.000000115. The zero-order chi connectivity index (χ0) is 20.7. The van der Waals surface area contributed by atoms with Crippen molar-refractivity contribution in [2.24, 2.45) is 0 Å². The summed E-state index contributed by atoms with van der Waals surface area (Å²) in [5.41, 5.74) is 0. The molecule has 0 amide bonds. The molecule has 0 aromatic heterocycles.